The fourth-order valence-electron chi connectivity index (χ4n) is 1.62. The number of hydrogen-bond donors (Lipinski definition) is 1. The Kier molecular flexibility index (Phi) is 3.28. The Bertz CT molecular complexity index is 577. The summed E-state index contributed by atoms with van der Waals surface area (Å²) in [6, 6.07) is 8.55. The average Bonchev–Trinajstić information content (AvgIpc) is 2.39. The highest BCUT2D eigenvalue weighted by atomic mass is 16.5. The molecule has 0 saturated carbocycles. The highest BCUT2D eigenvalue weighted by molar-refractivity contribution is 6.12. The Morgan fingerprint density at radius 3 is 2.67 bits per heavy atom. The van der Waals surface area contributed by atoms with Gasteiger partial charge in [0.05, 0.1) is 7.11 Å². The Morgan fingerprint density at radius 2 is 2.06 bits per heavy atom. The summed E-state index contributed by atoms with van der Waals surface area (Å²) in [5.41, 5.74) is 8.06. The van der Waals surface area contributed by atoms with Crippen LogP contribution in [0.2, 0.25) is 0 Å². The van der Waals surface area contributed by atoms with E-state index in [9.17, 15) is 4.79 Å². The van der Waals surface area contributed by atoms with Crippen LogP contribution in [0, 0.1) is 6.92 Å². The molecular weight excluding hydrogens is 228 g/mol. The Labute approximate surface area is 105 Å². The maximum absolute atomic E-state index is 12.3. The molecule has 2 rings (SSSR count). The molecule has 1 heterocycles. The zero-order chi connectivity index (χ0) is 13.1. The van der Waals surface area contributed by atoms with E-state index in [4.69, 9.17) is 10.5 Å². The van der Waals surface area contributed by atoms with Crippen LogP contribution in [-0.2, 0) is 0 Å². The van der Waals surface area contributed by atoms with E-state index in [1.54, 1.807) is 43.6 Å². The number of carbonyl (C=O) groups excluding carboxylic acids is 1. The van der Waals surface area contributed by atoms with Crippen molar-refractivity contribution in [3.8, 4) is 5.75 Å². The molecule has 1 aromatic carbocycles. The molecule has 2 aromatic rings. The van der Waals surface area contributed by atoms with Crippen molar-refractivity contribution in [2.45, 2.75) is 6.92 Å². The lowest BCUT2D eigenvalue weighted by molar-refractivity contribution is 0.103. The van der Waals surface area contributed by atoms with E-state index in [1.807, 2.05) is 6.92 Å². The van der Waals surface area contributed by atoms with Crippen molar-refractivity contribution < 1.29 is 9.53 Å². The van der Waals surface area contributed by atoms with Crippen LogP contribution < -0.4 is 10.5 Å². The van der Waals surface area contributed by atoms with Crippen molar-refractivity contribution in [3.63, 3.8) is 0 Å². The second kappa shape index (κ2) is 4.87. The van der Waals surface area contributed by atoms with Gasteiger partial charge in [-0.3, -0.25) is 9.78 Å². The van der Waals surface area contributed by atoms with E-state index in [0.29, 0.717) is 22.6 Å². The summed E-state index contributed by atoms with van der Waals surface area (Å²) in [6.45, 7) is 1.87. The third-order valence-electron chi connectivity index (χ3n) is 2.68. The zero-order valence-electron chi connectivity index (χ0n) is 10.3. The molecule has 0 amide bonds. The van der Waals surface area contributed by atoms with Gasteiger partial charge in [0.25, 0.3) is 0 Å². The minimum Gasteiger partial charge on any atom is -0.497 e. The third-order valence-corrected chi connectivity index (χ3v) is 2.68. The molecule has 4 nitrogen and oxygen atoms in total. The lowest BCUT2D eigenvalue weighted by Crippen LogP contribution is -2.06. The van der Waals surface area contributed by atoms with Gasteiger partial charge in [0.1, 0.15) is 5.75 Å². The second-order valence-electron chi connectivity index (χ2n) is 3.97. The predicted molar refractivity (Wildman–Crippen MR) is 69.8 cm³/mol. The molecular formula is C14H14N2O2. The van der Waals surface area contributed by atoms with Crippen LogP contribution in [0.5, 0.6) is 5.75 Å². The smallest absolute Gasteiger partial charge is 0.196 e. The van der Waals surface area contributed by atoms with Crippen molar-refractivity contribution >= 4 is 11.5 Å². The average molecular weight is 242 g/mol. The van der Waals surface area contributed by atoms with Crippen LogP contribution in [0.4, 0.5) is 5.69 Å². The minimum absolute atomic E-state index is 0.154. The number of aryl methyl sites for hydroxylation is 1. The molecule has 0 aliphatic rings. The molecule has 0 aliphatic carbocycles. The summed E-state index contributed by atoms with van der Waals surface area (Å²) >= 11 is 0. The number of rotatable bonds is 3. The van der Waals surface area contributed by atoms with E-state index < -0.39 is 0 Å². The topological polar surface area (TPSA) is 65.2 Å². The molecule has 0 atom stereocenters. The lowest BCUT2D eigenvalue weighted by atomic mass is 10.0. The van der Waals surface area contributed by atoms with Crippen molar-refractivity contribution in [2.75, 3.05) is 12.8 Å². The van der Waals surface area contributed by atoms with Gasteiger partial charge in [-0.1, -0.05) is 0 Å². The SMILES string of the molecule is COc1ccc(N)c(C(=O)c2ccc(C)nc2)c1. The largest absolute Gasteiger partial charge is 0.497 e. The van der Waals surface area contributed by atoms with Gasteiger partial charge in [-0.2, -0.15) is 0 Å². The first-order chi connectivity index (χ1) is 8.61. The summed E-state index contributed by atoms with van der Waals surface area (Å²) in [5.74, 6) is 0.450. The number of nitrogens with zero attached hydrogens (tertiary/aromatic N) is 1. The van der Waals surface area contributed by atoms with E-state index in [-0.39, 0.29) is 5.78 Å². The molecule has 0 bridgehead atoms. The van der Waals surface area contributed by atoms with Gasteiger partial charge in [-0.05, 0) is 37.3 Å². The van der Waals surface area contributed by atoms with E-state index in [0.717, 1.165) is 5.69 Å². The zero-order valence-corrected chi connectivity index (χ0v) is 10.3. The summed E-state index contributed by atoms with van der Waals surface area (Å²) in [6.07, 6.45) is 1.55. The van der Waals surface area contributed by atoms with E-state index in [1.165, 1.54) is 0 Å². The molecule has 1 aromatic heterocycles. The number of ether oxygens (including phenoxy) is 1. The summed E-state index contributed by atoms with van der Waals surface area (Å²) in [4.78, 5) is 16.4. The third kappa shape index (κ3) is 2.32. The maximum Gasteiger partial charge on any atom is 0.196 e. The summed E-state index contributed by atoms with van der Waals surface area (Å²) < 4.78 is 5.09. The van der Waals surface area contributed by atoms with Crippen LogP contribution in [0.3, 0.4) is 0 Å². The second-order valence-corrected chi connectivity index (χ2v) is 3.97. The Morgan fingerprint density at radius 1 is 1.28 bits per heavy atom. The number of methoxy groups -OCH3 is 1. The van der Waals surface area contributed by atoms with Crippen molar-refractivity contribution in [2.24, 2.45) is 0 Å². The van der Waals surface area contributed by atoms with Crippen LogP contribution in [0.15, 0.2) is 36.5 Å². The summed E-state index contributed by atoms with van der Waals surface area (Å²) in [5, 5.41) is 0. The number of ketones is 1. The van der Waals surface area contributed by atoms with Crippen LogP contribution >= 0.6 is 0 Å². The van der Waals surface area contributed by atoms with Gasteiger partial charge in [-0.25, -0.2) is 0 Å². The molecule has 0 unspecified atom stereocenters. The fourth-order valence-corrected chi connectivity index (χ4v) is 1.62. The molecule has 0 spiro atoms. The number of anilines is 1. The van der Waals surface area contributed by atoms with Crippen molar-refractivity contribution in [3.05, 3.63) is 53.3 Å². The number of pyridine rings is 1. The van der Waals surface area contributed by atoms with Gasteiger partial charge in [0.15, 0.2) is 5.78 Å². The molecule has 2 N–H and O–H groups in total. The molecule has 92 valence electrons. The first-order valence-electron chi connectivity index (χ1n) is 5.52. The highest BCUT2D eigenvalue weighted by Crippen LogP contribution is 2.22. The number of hydrogen-bond acceptors (Lipinski definition) is 4. The van der Waals surface area contributed by atoms with Crippen LogP contribution in [-0.4, -0.2) is 17.9 Å². The first kappa shape index (κ1) is 12.1. The number of nitrogen functional groups attached to an aromatic ring is 1. The van der Waals surface area contributed by atoms with Crippen LogP contribution in [0.1, 0.15) is 21.6 Å². The Hall–Kier alpha value is -2.36. The predicted octanol–water partition coefficient (Wildman–Crippen LogP) is 2.21. The minimum atomic E-state index is -0.154. The molecule has 0 radical (unpaired) electrons. The molecule has 0 fully saturated rings. The molecule has 0 aliphatic heterocycles. The maximum atomic E-state index is 12.3. The molecule has 4 heteroatoms. The molecule has 0 saturated heterocycles. The lowest BCUT2D eigenvalue weighted by Gasteiger charge is -2.07. The first-order valence-corrected chi connectivity index (χ1v) is 5.52. The normalized spacial score (nSPS) is 10.1. The van der Waals surface area contributed by atoms with Crippen LogP contribution in [0.25, 0.3) is 0 Å². The van der Waals surface area contributed by atoms with Gasteiger partial charge in [-0.15, -0.1) is 0 Å². The molecule has 18 heavy (non-hydrogen) atoms. The number of carbonyl (C=O) groups is 1. The Balaban J connectivity index is 2.42. The number of nitrogens with two attached hydrogens (primary N) is 1. The van der Waals surface area contributed by atoms with Gasteiger partial charge in [0.2, 0.25) is 0 Å². The number of aromatic nitrogens is 1. The fraction of sp³-hybridized carbons (Fsp3) is 0.143. The van der Waals surface area contributed by atoms with Crippen molar-refractivity contribution in [1.82, 2.24) is 4.98 Å². The standard InChI is InChI=1S/C14H14N2O2/c1-9-3-4-10(8-16-9)14(17)12-7-11(18-2)5-6-13(12)15/h3-8H,15H2,1-2H3. The quantitative estimate of drug-likeness (QED) is 0.662. The monoisotopic (exact) mass is 242 g/mol. The summed E-state index contributed by atoms with van der Waals surface area (Å²) in [7, 11) is 1.55. The van der Waals surface area contributed by atoms with Gasteiger partial charge < -0.3 is 10.5 Å². The number of benzene rings is 1. The van der Waals surface area contributed by atoms with Gasteiger partial charge in [0, 0.05) is 28.7 Å². The van der Waals surface area contributed by atoms with Crippen molar-refractivity contribution in [1.29, 1.82) is 0 Å². The van der Waals surface area contributed by atoms with Gasteiger partial charge >= 0.3 is 0 Å². The highest BCUT2D eigenvalue weighted by Gasteiger charge is 2.13. The van der Waals surface area contributed by atoms with E-state index in [2.05, 4.69) is 4.98 Å². The van der Waals surface area contributed by atoms with E-state index >= 15 is 0 Å².